The van der Waals surface area contributed by atoms with E-state index in [-0.39, 0.29) is 24.3 Å². The Labute approximate surface area is 208 Å². The largest absolute Gasteiger partial charge is 0.354 e. The average molecular weight is 501 g/mol. The molecular weight excluding hydrogens is 468 g/mol. The van der Waals surface area contributed by atoms with Crippen molar-refractivity contribution in [2.24, 2.45) is 5.92 Å². The van der Waals surface area contributed by atoms with Crippen LogP contribution in [-0.4, -0.2) is 68.4 Å². The van der Waals surface area contributed by atoms with E-state index in [1.54, 1.807) is 15.7 Å². The van der Waals surface area contributed by atoms with E-state index in [0.29, 0.717) is 31.1 Å². The van der Waals surface area contributed by atoms with E-state index in [4.69, 9.17) is 5.26 Å². The normalized spacial score (nSPS) is 22.6. The molecule has 1 amide bonds. The Kier molecular flexibility index (Phi) is 8.37. The summed E-state index contributed by atoms with van der Waals surface area (Å²) in [6, 6.07) is 3.94. The summed E-state index contributed by atoms with van der Waals surface area (Å²) in [7, 11) is 5.93. The molecule has 10 heteroatoms. The minimum absolute atomic E-state index is 0.0649. The fourth-order valence-corrected chi connectivity index (χ4v) is 7.90. The number of carbonyl (C=O) groups excluding carboxylic acids is 2. The fourth-order valence-electron chi connectivity index (χ4n) is 4.87. The third kappa shape index (κ3) is 5.52. The number of unbranched alkanes of at least 4 members (excludes halogenated alkanes) is 1. The van der Waals surface area contributed by atoms with Crippen LogP contribution in [0.5, 0.6) is 0 Å². The van der Waals surface area contributed by atoms with Crippen molar-refractivity contribution in [2.45, 2.75) is 63.2 Å². The highest BCUT2D eigenvalue weighted by Crippen LogP contribution is 2.40. The molecule has 4 rings (SSSR count). The van der Waals surface area contributed by atoms with Gasteiger partial charge in [-0.1, -0.05) is 34.9 Å². The quantitative estimate of drug-likeness (QED) is 0.389. The molecule has 8 nitrogen and oxygen atoms in total. The molecule has 0 aromatic carbocycles. The first-order chi connectivity index (χ1) is 16.5. The van der Waals surface area contributed by atoms with Crippen molar-refractivity contribution in [3.8, 4) is 6.07 Å². The molecule has 0 bridgehead atoms. The van der Waals surface area contributed by atoms with Crippen LogP contribution in [0.4, 0.5) is 5.82 Å². The number of rotatable bonds is 8. The predicted octanol–water partition coefficient (Wildman–Crippen LogP) is 4.37. The van der Waals surface area contributed by atoms with Crippen LogP contribution >= 0.6 is 21.6 Å². The Morgan fingerprint density at radius 2 is 2.12 bits per heavy atom. The first kappa shape index (κ1) is 24.9. The lowest BCUT2D eigenvalue weighted by atomic mass is 9.92. The number of piperidine rings is 1. The molecule has 34 heavy (non-hydrogen) atoms. The van der Waals surface area contributed by atoms with Gasteiger partial charge in [0.1, 0.15) is 18.6 Å². The maximum atomic E-state index is 12.9. The van der Waals surface area contributed by atoms with Crippen LogP contribution in [0, 0.1) is 17.2 Å². The summed E-state index contributed by atoms with van der Waals surface area (Å²) in [6.07, 6.45) is 9.04. The van der Waals surface area contributed by atoms with Gasteiger partial charge in [-0.25, -0.2) is 9.97 Å². The van der Waals surface area contributed by atoms with E-state index in [2.05, 4.69) is 21.8 Å². The molecule has 2 aromatic heterocycles. The second-order valence-electron chi connectivity index (χ2n) is 9.21. The van der Waals surface area contributed by atoms with Gasteiger partial charge in [-0.15, -0.1) is 0 Å². The monoisotopic (exact) mass is 500 g/mol. The number of hydrogen-bond acceptors (Lipinski definition) is 8. The van der Waals surface area contributed by atoms with Crippen LogP contribution in [0.25, 0.3) is 11.0 Å². The van der Waals surface area contributed by atoms with Gasteiger partial charge >= 0.3 is 0 Å². The molecular formula is C24H32N6O2S2. The molecule has 4 heterocycles. The summed E-state index contributed by atoms with van der Waals surface area (Å²) in [6.45, 7) is 3.42. The number of nitriles is 1. The number of hydrogen-bond donors (Lipinski definition) is 0. The van der Waals surface area contributed by atoms with Gasteiger partial charge in [-0.2, -0.15) is 5.26 Å². The third-order valence-corrected chi connectivity index (χ3v) is 9.96. The van der Waals surface area contributed by atoms with Crippen molar-refractivity contribution in [3.63, 3.8) is 0 Å². The predicted molar refractivity (Wildman–Crippen MR) is 138 cm³/mol. The standard InChI is InChI=1S/C24H32N6O2S2/c1-17-8-12-29(21(31)7-11-25)15-20(17)28(2)23-19-9-13-30(24(19)27-16-26-23)22(32)6-4-3-5-18-10-14-33-34-18/h9,13,16-18,20H,3-8,10,12,14-15H2,1-2H3/t17-,18?,20+/m1/s1. The van der Waals surface area contributed by atoms with Crippen molar-refractivity contribution >= 4 is 50.3 Å². The summed E-state index contributed by atoms with van der Waals surface area (Å²) in [4.78, 5) is 38.1. The number of anilines is 1. The summed E-state index contributed by atoms with van der Waals surface area (Å²) in [5.74, 6) is 2.31. The molecule has 0 spiro atoms. The Morgan fingerprint density at radius 3 is 2.88 bits per heavy atom. The Balaban J connectivity index is 1.44. The van der Waals surface area contributed by atoms with Crippen LogP contribution < -0.4 is 4.90 Å². The van der Waals surface area contributed by atoms with Gasteiger partial charge in [0.15, 0.2) is 5.65 Å². The number of nitrogens with zero attached hydrogens (tertiary/aromatic N) is 6. The van der Waals surface area contributed by atoms with Gasteiger partial charge in [0.2, 0.25) is 11.8 Å². The average Bonchev–Trinajstić information content (AvgIpc) is 3.51. The summed E-state index contributed by atoms with van der Waals surface area (Å²) >= 11 is 0. The number of amides is 1. The molecule has 1 unspecified atom stereocenters. The summed E-state index contributed by atoms with van der Waals surface area (Å²) in [5, 5.41) is 10.5. The van der Waals surface area contributed by atoms with Gasteiger partial charge in [-0.05, 0) is 37.7 Å². The van der Waals surface area contributed by atoms with Gasteiger partial charge in [0.25, 0.3) is 0 Å². The number of carbonyl (C=O) groups is 2. The zero-order chi connectivity index (χ0) is 24.1. The van der Waals surface area contributed by atoms with Gasteiger partial charge < -0.3 is 9.80 Å². The first-order valence-electron chi connectivity index (χ1n) is 12.0. The molecule has 3 atom stereocenters. The minimum Gasteiger partial charge on any atom is -0.354 e. The lowest BCUT2D eigenvalue weighted by molar-refractivity contribution is -0.131. The van der Waals surface area contributed by atoms with Gasteiger partial charge in [0.05, 0.1) is 17.5 Å². The van der Waals surface area contributed by atoms with Crippen LogP contribution in [0.15, 0.2) is 18.6 Å². The zero-order valence-electron chi connectivity index (χ0n) is 19.9. The van der Waals surface area contributed by atoms with Crippen molar-refractivity contribution < 1.29 is 9.59 Å². The maximum absolute atomic E-state index is 12.9. The van der Waals surface area contributed by atoms with Crippen LogP contribution in [0.1, 0.15) is 56.7 Å². The zero-order valence-corrected chi connectivity index (χ0v) is 21.5. The highest BCUT2D eigenvalue weighted by atomic mass is 33.1. The second-order valence-corrected chi connectivity index (χ2v) is 12.0. The van der Waals surface area contributed by atoms with Crippen molar-refractivity contribution in [1.82, 2.24) is 19.4 Å². The number of aromatic nitrogens is 3. The topological polar surface area (TPSA) is 95.1 Å². The van der Waals surface area contributed by atoms with E-state index < -0.39 is 0 Å². The van der Waals surface area contributed by atoms with Gasteiger partial charge in [0, 0.05) is 43.8 Å². The SMILES string of the molecule is C[C@@H]1CCN(C(=O)CC#N)C[C@@H]1N(C)c1ncnc2c1ccn2C(=O)CCCCC1CCSS1. The third-order valence-electron chi connectivity index (χ3n) is 6.96. The Hall–Kier alpha value is -2.25. The number of likely N-dealkylation sites (N-methyl/N-ethyl adjacent to an activating group) is 1. The second kappa shape index (κ2) is 11.5. The molecule has 0 N–H and O–H groups in total. The van der Waals surface area contributed by atoms with Crippen LogP contribution in [0.3, 0.4) is 0 Å². The van der Waals surface area contributed by atoms with Crippen LogP contribution in [0.2, 0.25) is 0 Å². The molecule has 2 fully saturated rings. The molecule has 182 valence electrons. The molecule has 2 aromatic rings. The summed E-state index contributed by atoms with van der Waals surface area (Å²) < 4.78 is 1.65. The van der Waals surface area contributed by atoms with E-state index >= 15 is 0 Å². The first-order valence-corrected chi connectivity index (χ1v) is 14.4. The van der Waals surface area contributed by atoms with Gasteiger partial charge in [-0.3, -0.25) is 14.2 Å². The minimum atomic E-state index is -0.123. The fraction of sp³-hybridized carbons (Fsp3) is 0.625. The van der Waals surface area contributed by atoms with Crippen LogP contribution in [-0.2, 0) is 4.79 Å². The number of fused-ring (bicyclic) bond motifs is 1. The maximum Gasteiger partial charge on any atom is 0.236 e. The van der Waals surface area contributed by atoms with E-state index in [1.807, 2.05) is 40.8 Å². The highest BCUT2D eigenvalue weighted by molar-refractivity contribution is 8.77. The molecule has 0 radical (unpaired) electrons. The van der Waals surface area contributed by atoms with Crippen molar-refractivity contribution in [2.75, 3.05) is 30.8 Å². The smallest absolute Gasteiger partial charge is 0.236 e. The highest BCUT2D eigenvalue weighted by Gasteiger charge is 2.32. The molecule has 0 saturated carbocycles. The molecule has 0 aliphatic carbocycles. The Morgan fingerprint density at radius 1 is 1.26 bits per heavy atom. The van der Waals surface area contributed by atoms with E-state index in [1.165, 1.54) is 24.9 Å². The number of likely N-dealkylation sites (tertiary alicyclic amines) is 1. The lowest BCUT2D eigenvalue weighted by Crippen LogP contribution is -2.52. The molecule has 2 aliphatic heterocycles. The van der Waals surface area contributed by atoms with Crippen molar-refractivity contribution in [1.29, 1.82) is 5.26 Å². The van der Waals surface area contributed by atoms with E-state index in [0.717, 1.165) is 35.7 Å². The van der Waals surface area contributed by atoms with E-state index in [9.17, 15) is 9.59 Å². The Bertz CT molecular complexity index is 1060. The van der Waals surface area contributed by atoms with Crippen molar-refractivity contribution in [3.05, 3.63) is 18.6 Å². The molecule has 2 aliphatic rings. The summed E-state index contributed by atoms with van der Waals surface area (Å²) in [5.41, 5.74) is 0.630. The lowest BCUT2D eigenvalue weighted by Gasteiger charge is -2.42. The molecule has 2 saturated heterocycles.